The van der Waals surface area contributed by atoms with E-state index in [1.165, 1.54) is 5.56 Å². The SMILES string of the molecule is Cc1ccc(Nc2c[c]ccc2)cc1. The molecule has 14 heavy (non-hydrogen) atoms. The van der Waals surface area contributed by atoms with Crippen LogP contribution >= 0.6 is 0 Å². The summed E-state index contributed by atoms with van der Waals surface area (Å²) in [6, 6.07) is 19.2. The molecule has 0 aliphatic carbocycles. The van der Waals surface area contributed by atoms with Gasteiger partial charge in [-0.3, -0.25) is 0 Å². The predicted octanol–water partition coefficient (Wildman–Crippen LogP) is 3.54. The first kappa shape index (κ1) is 8.82. The highest BCUT2D eigenvalue weighted by atomic mass is 14.9. The minimum atomic E-state index is 1.07. The first-order valence-electron chi connectivity index (χ1n) is 4.64. The largest absolute Gasteiger partial charge is 0.356 e. The van der Waals surface area contributed by atoms with Gasteiger partial charge in [-0.1, -0.05) is 29.8 Å². The van der Waals surface area contributed by atoms with E-state index < -0.39 is 0 Å². The van der Waals surface area contributed by atoms with Crippen molar-refractivity contribution in [2.24, 2.45) is 0 Å². The fraction of sp³-hybridized carbons (Fsp3) is 0.0769. The maximum absolute atomic E-state index is 3.30. The quantitative estimate of drug-likeness (QED) is 0.749. The van der Waals surface area contributed by atoms with Crippen molar-refractivity contribution in [3.63, 3.8) is 0 Å². The molecule has 0 bridgehead atoms. The number of hydrogen-bond acceptors (Lipinski definition) is 1. The lowest BCUT2D eigenvalue weighted by molar-refractivity contribution is 1.45. The summed E-state index contributed by atoms with van der Waals surface area (Å²) in [4.78, 5) is 0. The summed E-state index contributed by atoms with van der Waals surface area (Å²) >= 11 is 0. The van der Waals surface area contributed by atoms with Crippen LogP contribution in [0.5, 0.6) is 0 Å². The predicted molar refractivity (Wildman–Crippen MR) is 59.7 cm³/mol. The zero-order chi connectivity index (χ0) is 9.80. The van der Waals surface area contributed by atoms with Crippen LogP contribution in [0.4, 0.5) is 11.4 Å². The van der Waals surface area contributed by atoms with E-state index in [2.05, 4.69) is 42.6 Å². The Bertz CT molecular complexity index is 389. The smallest absolute Gasteiger partial charge is 0.0390 e. The second-order valence-corrected chi connectivity index (χ2v) is 3.28. The van der Waals surface area contributed by atoms with Crippen LogP contribution < -0.4 is 5.32 Å². The number of rotatable bonds is 2. The van der Waals surface area contributed by atoms with Gasteiger partial charge in [0.2, 0.25) is 0 Å². The fourth-order valence-electron chi connectivity index (χ4n) is 1.27. The van der Waals surface area contributed by atoms with Gasteiger partial charge in [-0.15, -0.1) is 0 Å². The number of benzene rings is 2. The molecule has 2 aromatic carbocycles. The van der Waals surface area contributed by atoms with Gasteiger partial charge in [0.25, 0.3) is 0 Å². The molecule has 0 heterocycles. The monoisotopic (exact) mass is 182 g/mol. The summed E-state index contributed by atoms with van der Waals surface area (Å²) in [5, 5.41) is 3.30. The first-order valence-corrected chi connectivity index (χ1v) is 4.64. The third-order valence-corrected chi connectivity index (χ3v) is 2.05. The molecular weight excluding hydrogens is 170 g/mol. The van der Waals surface area contributed by atoms with Gasteiger partial charge >= 0.3 is 0 Å². The van der Waals surface area contributed by atoms with Gasteiger partial charge in [-0.2, -0.15) is 0 Å². The van der Waals surface area contributed by atoms with E-state index in [-0.39, 0.29) is 0 Å². The number of hydrogen-bond donors (Lipinski definition) is 1. The fourth-order valence-corrected chi connectivity index (χ4v) is 1.27. The molecule has 1 radical (unpaired) electrons. The molecule has 0 amide bonds. The molecule has 2 rings (SSSR count). The molecule has 0 fully saturated rings. The van der Waals surface area contributed by atoms with Gasteiger partial charge in [0.1, 0.15) is 0 Å². The summed E-state index contributed by atoms with van der Waals surface area (Å²) in [5.41, 5.74) is 3.45. The highest BCUT2D eigenvalue weighted by molar-refractivity contribution is 5.59. The van der Waals surface area contributed by atoms with Crippen molar-refractivity contribution in [2.75, 3.05) is 5.32 Å². The van der Waals surface area contributed by atoms with Crippen molar-refractivity contribution >= 4 is 11.4 Å². The Balaban J connectivity index is 2.16. The second-order valence-electron chi connectivity index (χ2n) is 3.28. The highest BCUT2D eigenvalue weighted by Gasteiger charge is 1.92. The van der Waals surface area contributed by atoms with Crippen LogP contribution in [0, 0.1) is 13.0 Å². The Labute approximate surface area is 84.4 Å². The minimum Gasteiger partial charge on any atom is -0.356 e. The van der Waals surface area contributed by atoms with Gasteiger partial charge in [-0.25, -0.2) is 0 Å². The van der Waals surface area contributed by atoms with E-state index in [0.717, 1.165) is 11.4 Å². The summed E-state index contributed by atoms with van der Waals surface area (Å²) in [5.74, 6) is 0. The van der Waals surface area contributed by atoms with Crippen molar-refractivity contribution in [3.05, 3.63) is 60.2 Å². The number of anilines is 2. The average Bonchev–Trinajstić information content (AvgIpc) is 2.23. The normalized spacial score (nSPS) is 9.79. The zero-order valence-electron chi connectivity index (χ0n) is 8.12. The second kappa shape index (κ2) is 3.97. The van der Waals surface area contributed by atoms with Crippen molar-refractivity contribution < 1.29 is 0 Å². The molecule has 0 aliphatic rings. The molecule has 1 heteroatoms. The molecule has 0 spiro atoms. The van der Waals surface area contributed by atoms with Crippen molar-refractivity contribution in [3.8, 4) is 0 Å². The third-order valence-electron chi connectivity index (χ3n) is 2.05. The van der Waals surface area contributed by atoms with Crippen LogP contribution in [-0.4, -0.2) is 0 Å². The highest BCUT2D eigenvalue weighted by Crippen LogP contribution is 2.15. The third kappa shape index (κ3) is 2.13. The Hall–Kier alpha value is -1.76. The first-order chi connectivity index (χ1) is 6.84. The summed E-state index contributed by atoms with van der Waals surface area (Å²) in [6.07, 6.45) is 0. The lowest BCUT2D eigenvalue weighted by Crippen LogP contribution is -1.88. The molecule has 0 atom stereocenters. The standard InChI is InChI=1S/C13H12N/c1-11-7-9-13(10-8-11)14-12-5-3-2-4-6-12/h2-3,5-10,14H,1H3. The zero-order valence-corrected chi connectivity index (χ0v) is 8.12. The van der Waals surface area contributed by atoms with Gasteiger partial charge < -0.3 is 5.32 Å². The molecular formula is C13H12N. The lowest BCUT2D eigenvalue weighted by Gasteiger charge is -2.05. The van der Waals surface area contributed by atoms with E-state index in [1.807, 2.05) is 24.3 Å². The lowest BCUT2D eigenvalue weighted by atomic mass is 10.2. The average molecular weight is 182 g/mol. The molecule has 69 valence electrons. The van der Waals surface area contributed by atoms with E-state index in [9.17, 15) is 0 Å². The minimum absolute atomic E-state index is 1.07. The molecule has 0 saturated carbocycles. The molecule has 0 unspecified atom stereocenters. The van der Waals surface area contributed by atoms with Crippen molar-refractivity contribution in [1.29, 1.82) is 0 Å². The van der Waals surface area contributed by atoms with E-state index in [4.69, 9.17) is 0 Å². The molecule has 1 nitrogen and oxygen atoms in total. The van der Waals surface area contributed by atoms with Crippen LogP contribution in [0.3, 0.4) is 0 Å². The van der Waals surface area contributed by atoms with Crippen LogP contribution in [0.15, 0.2) is 48.5 Å². The van der Waals surface area contributed by atoms with Crippen molar-refractivity contribution in [2.45, 2.75) is 6.92 Å². The molecule has 1 N–H and O–H groups in total. The summed E-state index contributed by atoms with van der Waals surface area (Å²) < 4.78 is 0. The Morgan fingerprint density at radius 3 is 2.43 bits per heavy atom. The Morgan fingerprint density at radius 1 is 1.00 bits per heavy atom. The molecule has 2 aromatic rings. The molecule has 0 aromatic heterocycles. The maximum atomic E-state index is 3.30. The maximum Gasteiger partial charge on any atom is 0.0390 e. The van der Waals surface area contributed by atoms with E-state index in [0.29, 0.717) is 0 Å². The van der Waals surface area contributed by atoms with Crippen LogP contribution in [0.25, 0.3) is 0 Å². The van der Waals surface area contributed by atoms with Crippen LogP contribution in [0.2, 0.25) is 0 Å². The van der Waals surface area contributed by atoms with Crippen molar-refractivity contribution in [1.82, 2.24) is 0 Å². The number of aryl methyl sites for hydroxylation is 1. The Kier molecular flexibility index (Phi) is 2.50. The van der Waals surface area contributed by atoms with E-state index in [1.54, 1.807) is 0 Å². The number of nitrogens with one attached hydrogen (secondary N) is 1. The van der Waals surface area contributed by atoms with Gasteiger partial charge in [0.15, 0.2) is 0 Å². The molecule has 0 aliphatic heterocycles. The summed E-state index contributed by atoms with van der Waals surface area (Å²) in [6.45, 7) is 2.08. The van der Waals surface area contributed by atoms with E-state index >= 15 is 0 Å². The van der Waals surface area contributed by atoms with Gasteiger partial charge in [0, 0.05) is 11.4 Å². The van der Waals surface area contributed by atoms with Gasteiger partial charge in [-0.05, 0) is 37.3 Å². The van der Waals surface area contributed by atoms with Crippen LogP contribution in [-0.2, 0) is 0 Å². The molecule has 0 saturated heterocycles. The Morgan fingerprint density at radius 2 is 1.79 bits per heavy atom. The topological polar surface area (TPSA) is 12.0 Å². The van der Waals surface area contributed by atoms with Gasteiger partial charge in [0.05, 0.1) is 0 Å². The summed E-state index contributed by atoms with van der Waals surface area (Å²) in [7, 11) is 0. The van der Waals surface area contributed by atoms with Crippen LogP contribution in [0.1, 0.15) is 5.56 Å².